The Morgan fingerprint density at radius 3 is 2.78 bits per heavy atom. The molecule has 1 fully saturated rings. The van der Waals surface area contributed by atoms with Crippen LogP contribution in [0.5, 0.6) is 5.75 Å². The van der Waals surface area contributed by atoms with Gasteiger partial charge in [0, 0.05) is 16.1 Å². The van der Waals surface area contributed by atoms with Crippen LogP contribution in [0.3, 0.4) is 0 Å². The van der Waals surface area contributed by atoms with Crippen LogP contribution in [0, 0.1) is 5.92 Å². The fraction of sp³-hybridized carbons (Fsp3) is 0.421. The van der Waals surface area contributed by atoms with Crippen molar-refractivity contribution in [3.8, 4) is 5.75 Å². The SMILES string of the molecule is CCOC(=O)C1C2Sc3cc(OC4C=CC(C(F)(F)F)=CC4Cl)ccc3C21. The first kappa shape index (κ1) is 18.7. The molecule has 1 heterocycles. The lowest BCUT2D eigenvalue weighted by Crippen LogP contribution is -2.28. The van der Waals surface area contributed by atoms with E-state index in [0.29, 0.717) is 12.4 Å². The Hall–Kier alpha value is -1.60. The van der Waals surface area contributed by atoms with Gasteiger partial charge in [-0.15, -0.1) is 23.4 Å². The highest BCUT2D eigenvalue weighted by Gasteiger charge is 2.61. The number of thioether (sulfide) groups is 1. The molecule has 0 radical (unpaired) electrons. The van der Waals surface area contributed by atoms with Gasteiger partial charge in [-0.3, -0.25) is 4.79 Å². The Kier molecular flexibility index (Phi) is 4.71. The van der Waals surface area contributed by atoms with E-state index in [0.717, 1.165) is 22.6 Å². The number of ether oxygens (including phenoxy) is 2. The van der Waals surface area contributed by atoms with E-state index in [2.05, 4.69) is 0 Å². The summed E-state index contributed by atoms with van der Waals surface area (Å²) >= 11 is 7.67. The van der Waals surface area contributed by atoms with Crippen LogP contribution in [0.1, 0.15) is 18.4 Å². The number of esters is 1. The molecule has 3 nitrogen and oxygen atoms in total. The number of alkyl halides is 4. The average molecular weight is 417 g/mol. The maximum atomic E-state index is 12.7. The Labute approximate surface area is 163 Å². The molecule has 8 heteroatoms. The van der Waals surface area contributed by atoms with Gasteiger partial charge < -0.3 is 9.47 Å². The first-order chi connectivity index (χ1) is 12.8. The third-order valence-electron chi connectivity index (χ3n) is 4.84. The van der Waals surface area contributed by atoms with Crippen molar-refractivity contribution in [1.29, 1.82) is 0 Å². The molecule has 3 aliphatic rings. The minimum atomic E-state index is -4.42. The fourth-order valence-corrected chi connectivity index (χ4v) is 5.40. The number of rotatable bonds is 4. The zero-order valence-corrected chi connectivity index (χ0v) is 15.8. The second kappa shape index (κ2) is 6.78. The molecule has 1 aromatic carbocycles. The van der Waals surface area contributed by atoms with Gasteiger partial charge in [0.15, 0.2) is 0 Å². The highest BCUT2D eigenvalue weighted by Crippen LogP contribution is 2.65. The van der Waals surface area contributed by atoms with E-state index < -0.39 is 23.2 Å². The quantitative estimate of drug-likeness (QED) is 0.519. The lowest BCUT2D eigenvalue weighted by molar-refractivity contribution is -0.144. The Morgan fingerprint density at radius 1 is 1.33 bits per heavy atom. The van der Waals surface area contributed by atoms with Crippen LogP contribution >= 0.6 is 23.4 Å². The molecule has 0 bridgehead atoms. The fourth-order valence-electron chi connectivity index (χ4n) is 3.51. The summed E-state index contributed by atoms with van der Waals surface area (Å²) in [6, 6.07) is 5.53. The molecule has 0 aromatic heterocycles. The Balaban J connectivity index is 1.43. The number of benzene rings is 1. The number of halogens is 4. The molecule has 4 rings (SSSR count). The van der Waals surface area contributed by atoms with E-state index in [1.165, 1.54) is 6.08 Å². The van der Waals surface area contributed by atoms with Gasteiger partial charge in [0.25, 0.3) is 0 Å². The Bertz CT molecular complexity index is 836. The van der Waals surface area contributed by atoms with E-state index in [1.807, 2.05) is 12.1 Å². The summed E-state index contributed by atoms with van der Waals surface area (Å²) < 4.78 is 49.1. The zero-order chi connectivity index (χ0) is 19.3. The van der Waals surface area contributed by atoms with Crippen LogP contribution in [0.4, 0.5) is 13.2 Å². The third-order valence-corrected chi connectivity index (χ3v) is 6.68. The molecule has 5 unspecified atom stereocenters. The predicted octanol–water partition coefficient (Wildman–Crippen LogP) is 4.85. The monoisotopic (exact) mass is 416 g/mol. The Morgan fingerprint density at radius 2 is 2.11 bits per heavy atom. The lowest BCUT2D eigenvalue weighted by Gasteiger charge is -2.24. The van der Waals surface area contributed by atoms with Gasteiger partial charge in [-0.1, -0.05) is 18.2 Å². The maximum absolute atomic E-state index is 12.7. The van der Waals surface area contributed by atoms with Crippen molar-refractivity contribution < 1.29 is 27.4 Å². The lowest BCUT2D eigenvalue weighted by atomic mass is 10.0. The second-order valence-corrected chi connectivity index (χ2v) is 8.32. The molecule has 0 saturated heterocycles. The van der Waals surface area contributed by atoms with Crippen LogP contribution in [0.25, 0.3) is 0 Å². The summed E-state index contributed by atoms with van der Waals surface area (Å²) in [5.74, 6) is 0.467. The summed E-state index contributed by atoms with van der Waals surface area (Å²) in [6.45, 7) is 2.16. The smallest absolute Gasteiger partial charge is 0.416 e. The van der Waals surface area contributed by atoms with Gasteiger partial charge >= 0.3 is 12.1 Å². The second-order valence-electron chi connectivity index (χ2n) is 6.59. The van der Waals surface area contributed by atoms with Crippen molar-refractivity contribution in [2.24, 2.45) is 5.92 Å². The van der Waals surface area contributed by atoms with Gasteiger partial charge in [0.05, 0.1) is 23.5 Å². The third kappa shape index (κ3) is 3.47. The van der Waals surface area contributed by atoms with E-state index in [1.54, 1.807) is 24.8 Å². The minimum Gasteiger partial charge on any atom is -0.484 e. The molecular weight excluding hydrogens is 401 g/mol. The van der Waals surface area contributed by atoms with Gasteiger partial charge in [0.1, 0.15) is 11.9 Å². The molecule has 0 amide bonds. The summed E-state index contributed by atoms with van der Waals surface area (Å²) in [5.41, 5.74) is 0.327. The van der Waals surface area contributed by atoms with Crippen molar-refractivity contribution in [2.45, 2.75) is 40.6 Å². The van der Waals surface area contributed by atoms with E-state index in [4.69, 9.17) is 21.1 Å². The molecule has 27 heavy (non-hydrogen) atoms. The summed E-state index contributed by atoms with van der Waals surface area (Å²) in [4.78, 5) is 13.0. The van der Waals surface area contributed by atoms with E-state index >= 15 is 0 Å². The van der Waals surface area contributed by atoms with Crippen molar-refractivity contribution in [3.63, 3.8) is 0 Å². The first-order valence-corrected chi connectivity index (χ1v) is 9.86. The minimum absolute atomic E-state index is 0.0892. The number of hydrogen-bond acceptors (Lipinski definition) is 4. The van der Waals surface area contributed by atoms with Crippen LogP contribution in [-0.2, 0) is 9.53 Å². The first-order valence-electron chi connectivity index (χ1n) is 8.54. The van der Waals surface area contributed by atoms with Gasteiger partial charge in [0.2, 0.25) is 0 Å². The highest BCUT2D eigenvalue weighted by molar-refractivity contribution is 8.00. The molecule has 1 aromatic rings. The van der Waals surface area contributed by atoms with E-state index in [-0.39, 0.29) is 23.1 Å². The largest absolute Gasteiger partial charge is 0.484 e. The topological polar surface area (TPSA) is 35.5 Å². The van der Waals surface area contributed by atoms with Gasteiger partial charge in [-0.05, 0) is 30.7 Å². The number of hydrogen-bond donors (Lipinski definition) is 0. The molecule has 1 saturated carbocycles. The normalized spacial score (nSPS) is 31.0. The van der Waals surface area contributed by atoms with Crippen LogP contribution in [-0.4, -0.2) is 35.5 Å². The molecular formula is C19H16ClF3O3S. The number of fused-ring (bicyclic) bond motifs is 3. The number of carbonyl (C=O) groups is 1. The maximum Gasteiger partial charge on any atom is 0.416 e. The van der Waals surface area contributed by atoms with E-state index in [9.17, 15) is 18.0 Å². The van der Waals surface area contributed by atoms with Gasteiger partial charge in [-0.2, -0.15) is 13.2 Å². The van der Waals surface area contributed by atoms with Gasteiger partial charge in [-0.25, -0.2) is 0 Å². The summed E-state index contributed by atoms with van der Waals surface area (Å²) in [6.07, 6.45) is -1.81. The zero-order valence-electron chi connectivity index (χ0n) is 14.2. The predicted molar refractivity (Wildman–Crippen MR) is 96.3 cm³/mol. The molecule has 1 aliphatic heterocycles. The van der Waals surface area contributed by atoms with Crippen molar-refractivity contribution in [1.82, 2.24) is 0 Å². The molecule has 0 spiro atoms. The number of carbonyl (C=O) groups excluding carboxylic acids is 1. The standard InChI is InChI=1S/C19H16ClF3O3S/c1-2-25-18(24)16-15-11-5-4-10(8-14(11)27-17(15)16)26-13-6-3-9(7-12(13)20)19(21,22)23/h3-8,12-13,15-17H,2H2,1H3. The molecule has 0 N–H and O–H groups in total. The summed E-state index contributed by atoms with van der Waals surface area (Å²) in [7, 11) is 0. The highest BCUT2D eigenvalue weighted by atomic mass is 35.5. The van der Waals surface area contributed by atoms with Crippen molar-refractivity contribution in [3.05, 3.63) is 47.6 Å². The van der Waals surface area contributed by atoms with Crippen LogP contribution < -0.4 is 4.74 Å². The average Bonchev–Trinajstić information content (AvgIpc) is 3.18. The number of allylic oxidation sites excluding steroid dienone is 2. The summed E-state index contributed by atoms with van der Waals surface area (Å²) in [5, 5.41) is -0.712. The molecule has 5 atom stereocenters. The van der Waals surface area contributed by atoms with Crippen LogP contribution in [0.2, 0.25) is 0 Å². The van der Waals surface area contributed by atoms with Crippen molar-refractivity contribution >= 4 is 29.3 Å². The van der Waals surface area contributed by atoms with Crippen molar-refractivity contribution in [2.75, 3.05) is 6.61 Å². The molecule has 144 valence electrons. The van der Waals surface area contributed by atoms with Crippen LogP contribution in [0.15, 0.2) is 46.9 Å². The molecule has 2 aliphatic carbocycles.